The highest BCUT2D eigenvalue weighted by molar-refractivity contribution is 8.00. The van der Waals surface area contributed by atoms with Gasteiger partial charge in [0.2, 0.25) is 5.91 Å². The minimum absolute atomic E-state index is 0.0767. The van der Waals surface area contributed by atoms with Gasteiger partial charge < -0.3 is 10.1 Å². The summed E-state index contributed by atoms with van der Waals surface area (Å²) < 4.78 is 7.53. The highest BCUT2D eigenvalue weighted by atomic mass is 32.2. The van der Waals surface area contributed by atoms with Gasteiger partial charge >= 0.3 is 5.69 Å². The molecule has 2 heterocycles. The summed E-state index contributed by atoms with van der Waals surface area (Å²) >= 11 is 1.37. The molecule has 0 radical (unpaired) electrons. The van der Waals surface area contributed by atoms with Gasteiger partial charge in [0.25, 0.3) is 0 Å². The average Bonchev–Trinajstić information content (AvgIpc) is 3.37. The summed E-state index contributed by atoms with van der Waals surface area (Å²) in [4.78, 5) is 29.7. The van der Waals surface area contributed by atoms with Gasteiger partial charge in [-0.25, -0.2) is 4.79 Å². The fourth-order valence-electron chi connectivity index (χ4n) is 4.57. The number of thioether (sulfide) groups is 1. The van der Waals surface area contributed by atoms with E-state index >= 15 is 0 Å². The summed E-state index contributed by atoms with van der Waals surface area (Å²) in [5, 5.41) is 3.74. The fourth-order valence-corrected chi connectivity index (χ4v) is 5.45. The second-order valence-electron chi connectivity index (χ2n) is 8.33. The Labute approximate surface area is 181 Å². The van der Waals surface area contributed by atoms with Gasteiger partial charge in [-0.05, 0) is 64.0 Å². The third-order valence-corrected chi connectivity index (χ3v) is 6.91. The fraction of sp³-hybridized carbons (Fsp3) is 0.522. The van der Waals surface area contributed by atoms with Crippen molar-refractivity contribution in [2.45, 2.75) is 70.6 Å². The van der Waals surface area contributed by atoms with Crippen molar-refractivity contribution < 1.29 is 9.53 Å². The molecule has 1 aliphatic carbocycles. The van der Waals surface area contributed by atoms with Crippen LogP contribution in [0.1, 0.15) is 47.2 Å². The SMILES string of the molecule is Cc1cc(C)c(NC(=O)CSc2nc(=O)n(CC3CCCO3)c3c2CCC3)c(C)c1. The van der Waals surface area contributed by atoms with Crippen LogP contribution in [-0.2, 0) is 28.9 Å². The molecule has 2 aromatic rings. The summed E-state index contributed by atoms with van der Waals surface area (Å²) in [6, 6.07) is 4.13. The number of carbonyl (C=O) groups excluding carboxylic acids is 1. The van der Waals surface area contributed by atoms with Gasteiger partial charge in [0, 0.05) is 23.6 Å². The van der Waals surface area contributed by atoms with Crippen molar-refractivity contribution in [3.05, 3.63) is 50.6 Å². The molecule has 1 saturated heterocycles. The molecule has 1 atom stereocenters. The number of nitrogens with one attached hydrogen (secondary N) is 1. The summed E-state index contributed by atoms with van der Waals surface area (Å²) in [6.45, 7) is 7.42. The number of hydrogen-bond acceptors (Lipinski definition) is 5. The molecule has 0 bridgehead atoms. The molecule has 1 amide bonds. The average molecular weight is 428 g/mol. The first-order valence-electron chi connectivity index (χ1n) is 10.7. The molecule has 6 nitrogen and oxygen atoms in total. The van der Waals surface area contributed by atoms with E-state index in [2.05, 4.69) is 29.4 Å². The van der Waals surface area contributed by atoms with Gasteiger partial charge in [0.15, 0.2) is 0 Å². The summed E-state index contributed by atoms with van der Waals surface area (Å²) in [5.41, 5.74) is 6.16. The molecule has 0 saturated carbocycles. The highest BCUT2D eigenvalue weighted by Gasteiger charge is 2.25. The van der Waals surface area contributed by atoms with E-state index in [1.165, 1.54) is 17.3 Å². The van der Waals surface area contributed by atoms with Crippen molar-refractivity contribution >= 4 is 23.4 Å². The Bertz CT molecular complexity index is 1000. The van der Waals surface area contributed by atoms with Crippen LogP contribution in [0.3, 0.4) is 0 Å². The minimum Gasteiger partial charge on any atom is -0.376 e. The second-order valence-corrected chi connectivity index (χ2v) is 9.30. The summed E-state index contributed by atoms with van der Waals surface area (Å²) in [7, 11) is 0. The molecule has 1 aliphatic heterocycles. The second kappa shape index (κ2) is 8.94. The standard InChI is InChI=1S/C23H29N3O3S/c1-14-10-15(2)21(16(3)11-14)24-20(27)13-30-22-18-7-4-8-19(18)26(23(28)25-22)12-17-6-5-9-29-17/h10-11,17H,4-9,12-13H2,1-3H3,(H,24,27). The maximum absolute atomic E-state index is 12.7. The van der Waals surface area contributed by atoms with Crippen LogP contribution in [0.4, 0.5) is 5.69 Å². The first-order chi connectivity index (χ1) is 14.4. The first-order valence-corrected chi connectivity index (χ1v) is 11.7. The number of aromatic nitrogens is 2. The van der Waals surface area contributed by atoms with E-state index in [1.807, 2.05) is 18.4 Å². The molecule has 1 fully saturated rings. The third kappa shape index (κ3) is 4.47. The van der Waals surface area contributed by atoms with Gasteiger partial charge in [0.1, 0.15) is 5.03 Å². The Morgan fingerprint density at radius 3 is 2.70 bits per heavy atom. The third-order valence-electron chi connectivity index (χ3n) is 5.89. The number of nitrogens with zero attached hydrogens (tertiary/aromatic N) is 2. The predicted molar refractivity (Wildman–Crippen MR) is 120 cm³/mol. The number of anilines is 1. The summed E-state index contributed by atoms with van der Waals surface area (Å²) in [5.74, 6) is 0.161. The quantitative estimate of drug-likeness (QED) is 0.564. The molecule has 1 unspecified atom stereocenters. The summed E-state index contributed by atoms with van der Waals surface area (Å²) in [6.07, 6.45) is 4.98. The van der Waals surface area contributed by atoms with E-state index in [1.54, 1.807) is 0 Å². The number of carbonyl (C=O) groups is 1. The van der Waals surface area contributed by atoms with Crippen LogP contribution in [0.2, 0.25) is 0 Å². The maximum atomic E-state index is 12.7. The van der Waals surface area contributed by atoms with Crippen LogP contribution in [0.5, 0.6) is 0 Å². The van der Waals surface area contributed by atoms with E-state index in [9.17, 15) is 9.59 Å². The van der Waals surface area contributed by atoms with Crippen LogP contribution in [0, 0.1) is 20.8 Å². The highest BCUT2D eigenvalue weighted by Crippen LogP contribution is 2.30. The van der Waals surface area contributed by atoms with Gasteiger partial charge in [-0.1, -0.05) is 29.5 Å². The smallest absolute Gasteiger partial charge is 0.348 e. The van der Waals surface area contributed by atoms with Crippen LogP contribution in [-0.4, -0.2) is 33.9 Å². The van der Waals surface area contributed by atoms with Crippen LogP contribution >= 0.6 is 11.8 Å². The molecule has 1 aromatic carbocycles. The van der Waals surface area contributed by atoms with Crippen LogP contribution in [0.25, 0.3) is 0 Å². The number of ether oxygens (including phenoxy) is 1. The number of fused-ring (bicyclic) bond motifs is 1. The Balaban J connectivity index is 1.47. The molecule has 1 aromatic heterocycles. The molecule has 2 aliphatic rings. The Kier molecular flexibility index (Phi) is 6.29. The molecule has 1 N–H and O–H groups in total. The van der Waals surface area contributed by atoms with Crippen molar-refractivity contribution in [2.24, 2.45) is 0 Å². The van der Waals surface area contributed by atoms with Gasteiger partial charge in [0.05, 0.1) is 18.4 Å². The number of benzene rings is 1. The lowest BCUT2D eigenvalue weighted by Gasteiger charge is -2.17. The topological polar surface area (TPSA) is 73.2 Å². The lowest BCUT2D eigenvalue weighted by Crippen LogP contribution is -2.31. The van der Waals surface area contributed by atoms with Crippen molar-refractivity contribution in [2.75, 3.05) is 17.7 Å². The number of amides is 1. The lowest BCUT2D eigenvalue weighted by molar-refractivity contribution is -0.113. The van der Waals surface area contributed by atoms with E-state index in [4.69, 9.17) is 4.74 Å². The molecule has 30 heavy (non-hydrogen) atoms. The molecular weight excluding hydrogens is 398 g/mol. The number of aryl methyl sites for hydroxylation is 3. The zero-order chi connectivity index (χ0) is 21.3. The Morgan fingerprint density at radius 2 is 2.00 bits per heavy atom. The van der Waals surface area contributed by atoms with Gasteiger partial charge in [-0.15, -0.1) is 0 Å². The first kappa shape index (κ1) is 21.1. The molecular formula is C23H29N3O3S. The normalized spacial score (nSPS) is 17.9. The van der Waals surface area contributed by atoms with E-state index in [0.717, 1.165) is 66.8 Å². The molecule has 160 valence electrons. The lowest BCUT2D eigenvalue weighted by atomic mass is 10.1. The number of hydrogen-bond donors (Lipinski definition) is 1. The Morgan fingerprint density at radius 1 is 1.23 bits per heavy atom. The van der Waals surface area contributed by atoms with E-state index < -0.39 is 0 Å². The zero-order valence-electron chi connectivity index (χ0n) is 17.9. The van der Waals surface area contributed by atoms with E-state index in [0.29, 0.717) is 11.6 Å². The number of rotatable bonds is 6. The van der Waals surface area contributed by atoms with Crippen LogP contribution in [0.15, 0.2) is 22.0 Å². The minimum atomic E-state index is -0.223. The molecule has 0 spiro atoms. The Hall–Kier alpha value is -2.12. The van der Waals surface area contributed by atoms with Crippen molar-refractivity contribution in [1.29, 1.82) is 0 Å². The predicted octanol–water partition coefficient (Wildman–Crippen LogP) is 3.57. The van der Waals surface area contributed by atoms with E-state index in [-0.39, 0.29) is 23.5 Å². The molecule has 7 heteroatoms. The maximum Gasteiger partial charge on any atom is 0.348 e. The van der Waals surface area contributed by atoms with Crippen molar-refractivity contribution in [1.82, 2.24) is 9.55 Å². The van der Waals surface area contributed by atoms with Gasteiger partial charge in [-0.3, -0.25) is 9.36 Å². The van der Waals surface area contributed by atoms with Crippen molar-refractivity contribution in [3.8, 4) is 0 Å². The monoisotopic (exact) mass is 427 g/mol. The zero-order valence-corrected chi connectivity index (χ0v) is 18.7. The molecule has 4 rings (SSSR count). The van der Waals surface area contributed by atoms with Gasteiger partial charge in [-0.2, -0.15) is 4.98 Å². The van der Waals surface area contributed by atoms with Crippen LogP contribution < -0.4 is 11.0 Å². The van der Waals surface area contributed by atoms with Crippen molar-refractivity contribution in [3.63, 3.8) is 0 Å². The largest absolute Gasteiger partial charge is 0.376 e.